The van der Waals surface area contributed by atoms with Crippen molar-refractivity contribution in [2.75, 3.05) is 39.6 Å². The number of aliphatic hydroxyl groups excluding tert-OH is 2. The molecular formula is C38H52O8. The van der Waals surface area contributed by atoms with E-state index >= 15 is 0 Å². The molecule has 0 saturated heterocycles. The molecule has 0 aliphatic heterocycles. The summed E-state index contributed by atoms with van der Waals surface area (Å²) in [6.45, 7) is 10.4. The number of hydrogen-bond acceptors (Lipinski definition) is 8. The van der Waals surface area contributed by atoms with Crippen LogP contribution in [0.3, 0.4) is 0 Å². The molecule has 3 rings (SSSR count). The summed E-state index contributed by atoms with van der Waals surface area (Å²) in [5.41, 5.74) is 3.73. The summed E-state index contributed by atoms with van der Waals surface area (Å²) in [5, 5.41) is 18.5. The molecule has 8 nitrogen and oxygen atoms in total. The van der Waals surface area contributed by atoms with Crippen LogP contribution in [0.2, 0.25) is 0 Å². The van der Waals surface area contributed by atoms with Crippen LogP contribution in [0.15, 0.2) is 60.7 Å². The lowest BCUT2D eigenvalue weighted by Crippen LogP contribution is -2.31. The van der Waals surface area contributed by atoms with Crippen molar-refractivity contribution in [2.45, 2.75) is 78.6 Å². The minimum absolute atomic E-state index is 0.0128. The second-order valence-corrected chi connectivity index (χ2v) is 12.6. The minimum atomic E-state index is -0.983. The molecule has 0 heterocycles. The maximum absolute atomic E-state index is 12.2. The molecule has 0 radical (unpaired) electrons. The highest BCUT2D eigenvalue weighted by Crippen LogP contribution is 2.40. The van der Waals surface area contributed by atoms with Gasteiger partial charge in [0.05, 0.1) is 24.2 Å². The van der Waals surface area contributed by atoms with Crippen molar-refractivity contribution in [3.05, 3.63) is 71.8 Å². The lowest BCUT2D eigenvalue weighted by atomic mass is 9.75. The monoisotopic (exact) mass is 636 g/mol. The average Bonchev–Trinajstić information content (AvgIpc) is 3.08. The van der Waals surface area contributed by atoms with Crippen LogP contribution in [0.5, 0.6) is 11.5 Å². The van der Waals surface area contributed by atoms with Crippen LogP contribution in [0.25, 0.3) is 11.1 Å². The second-order valence-electron chi connectivity index (χ2n) is 12.6. The number of aryl methyl sites for hydroxylation is 1. The zero-order chi connectivity index (χ0) is 33.5. The van der Waals surface area contributed by atoms with Crippen molar-refractivity contribution in [1.29, 1.82) is 0 Å². The topological polar surface area (TPSA) is 112 Å². The molecule has 1 saturated carbocycles. The van der Waals surface area contributed by atoms with Gasteiger partial charge in [0.2, 0.25) is 0 Å². The van der Waals surface area contributed by atoms with Gasteiger partial charge in [-0.15, -0.1) is 0 Å². The Labute approximate surface area is 274 Å². The third kappa shape index (κ3) is 11.0. The quantitative estimate of drug-likeness (QED) is 0.0782. The van der Waals surface area contributed by atoms with Crippen molar-refractivity contribution in [2.24, 2.45) is 11.3 Å². The van der Waals surface area contributed by atoms with Gasteiger partial charge in [-0.05, 0) is 112 Å². The van der Waals surface area contributed by atoms with E-state index in [1.165, 1.54) is 49.7 Å². The molecule has 2 aromatic carbocycles. The van der Waals surface area contributed by atoms with E-state index in [0.717, 1.165) is 23.5 Å². The summed E-state index contributed by atoms with van der Waals surface area (Å²) in [6.07, 6.45) is 12.8. The molecule has 252 valence electrons. The maximum Gasteiger partial charge on any atom is 0.335 e. The van der Waals surface area contributed by atoms with E-state index < -0.39 is 24.0 Å². The number of esters is 2. The Morgan fingerprint density at radius 2 is 1.57 bits per heavy atom. The predicted molar refractivity (Wildman–Crippen MR) is 180 cm³/mol. The van der Waals surface area contributed by atoms with Gasteiger partial charge in [-0.25, -0.2) is 4.79 Å². The maximum atomic E-state index is 12.2. The summed E-state index contributed by atoms with van der Waals surface area (Å²) in [7, 11) is 0. The minimum Gasteiger partial charge on any atom is -0.490 e. The molecule has 0 amide bonds. The van der Waals surface area contributed by atoms with Crippen LogP contribution in [0.1, 0.15) is 83.3 Å². The number of benzene rings is 2. The Kier molecular flexibility index (Phi) is 14.8. The van der Waals surface area contributed by atoms with Crippen molar-refractivity contribution >= 4 is 11.9 Å². The molecule has 2 aromatic rings. The van der Waals surface area contributed by atoms with Gasteiger partial charge in [0.25, 0.3) is 0 Å². The average molecular weight is 637 g/mol. The van der Waals surface area contributed by atoms with E-state index in [0.29, 0.717) is 17.4 Å². The number of hydrogen-bond donors (Lipinski definition) is 2. The first-order valence-corrected chi connectivity index (χ1v) is 16.5. The van der Waals surface area contributed by atoms with Crippen LogP contribution in [-0.4, -0.2) is 61.8 Å². The molecule has 0 atom stereocenters. The van der Waals surface area contributed by atoms with Crippen molar-refractivity contribution in [1.82, 2.24) is 0 Å². The summed E-state index contributed by atoms with van der Waals surface area (Å²) >= 11 is 0. The van der Waals surface area contributed by atoms with Crippen LogP contribution in [-0.2, 0) is 25.5 Å². The molecule has 1 aliphatic carbocycles. The Morgan fingerprint density at radius 3 is 2.15 bits per heavy atom. The fourth-order valence-corrected chi connectivity index (χ4v) is 5.67. The summed E-state index contributed by atoms with van der Waals surface area (Å²) in [5.74, 6) is 1.30. The molecular weight excluding hydrogens is 584 g/mol. The van der Waals surface area contributed by atoms with Gasteiger partial charge in [0.15, 0.2) is 0 Å². The molecule has 1 aliphatic rings. The Bertz CT molecular complexity index is 1320. The van der Waals surface area contributed by atoms with E-state index in [1.807, 2.05) is 12.1 Å². The van der Waals surface area contributed by atoms with Gasteiger partial charge in [0, 0.05) is 6.07 Å². The number of aliphatic hydroxyl groups is 2. The molecule has 0 aromatic heterocycles. The second kappa shape index (κ2) is 18.5. The predicted octanol–water partition coefficient (Wildman–Crippen LogP) is 6.96. The number of carbonyl (C=O) groups is 2. The van der Waals surface area contributed by atoms with Gasteiger partial charge in [-0.1, -0.05) is 43.9 Å². The van der Waals surface area contributed by atoms with Gasteiger partial charge in [-0.2, -0.15) is 0 Å². The van der Waals surface area contributed by atoms with Crippen molar-refractivity contribution < 1.29 is 38.7 Å². The largest absolute Gasteiger partial charge is 0.490 e. The summed E-state index contributed by atoms with van der Waals surface area (Å²) in [4.78, 5) is 24.0. The van der Waals surface area contributed by atoms with Crippen LogP contribution < -0.4 is 9.47 Å². The van der Waals surface area contributed by atoms with E-state index in [1.54, 1.807) is 19.9 Å². The highest BCUT2D eigenvalue weighted by atomic mass is 16.6. The van der Waals surface area contributed by atoms with Crippen LogP contribution in [0.4, 0.5) is 0 Å². The smallest absolute Gasteiger partial charge is 0.335 e. The standard InChI is InChI=1S/C38H52O8/c1-6-8-9-10-28-11-13-30(14-12-28)35-16-15-31(21-29(35)7-2)32-22-33(43-17-19-45-36(41)27(3)25-39)24-34(23-32)44-18-20-46-37(42)38(4,5)26-40/h6,8,15-16,21-24,28,30,39-40H,3,7,9-14,17-20,25-26H2,1-2,4-5H3/b8-6+. The van der Waals surface area contributed by atoms with E-state index in [4.69, 9.17) is 24.1 Å². The first-order valence-electron chi connectivity index (χ1n) is 16.5. The molecule has 2 N–H and O–H groups in total. The molecule has 1 fully saturated rings. The third-order valence-electron chi connectivity index (χ3n) is 8.60. The molecule has 8 heteroatoms. The first-order chi connectivity index (χ1) is 22.1. The fraction of sp³-hybridized carbons (Fsp3) is 0.526. The van der Waals surface area contributed by atoms with E-state index in [9.17, 15) is 14.7 Å². The third-order valence-corrected chi connectivity index (χ3v) is 8.60. The van der Waals surface area contributed by atoms with Crippen LogP contribution in [0, 0.1) is 11.3 Å². The Balaban J connectivity index is 1.75. The number of ether oxygens (including phenoxy) is 4. The van der Waals surface area contributed by atoms with E-state index in [2.05, 4.69) is 50.8 Å². The highest BCUT2D eigenvalue weighted by Gasteiger charge is 2.28. The van der Waals surface area contributed by atoms with Crippen LogP contribution >= 0.6 is 0 Å². The lowest BCUT2D eigenvalue weighted by Gasteiger charge is -2.30. The van der Waals surface area contributed by atoms with Gasteiger partial charge in [-0.3, -0.25) is 4.79 Å². The SMILES string of the molecule is C=C(CO)C(=O)OCCOc1cc(OCCOC(=O)C(C)(C)CO)cc(-c2ccc(C3CCC(CC/C=C/C)CC3)c(CC)c2)c1. The summed E-state index contributed by atoms with van der Waals surface area (Å²) in [6, 6.07) is 12.3. The lowest BCUT2D eigenvalue weighted by molar-refractivity contribution is -0.156. The zero-order valence-electron chi connectivity index (χ0n) is 28.0. The molecule has 0 spiro atoms. The molecule has 0 unspecified atom stereocenters. The number of allylic oxidation sites excluding steroid dienone is 2. The summed E-state index contributed by atoms with van der Waals surface area (Å²) < 4.78 is 22.3. The van der Waals surface area contributed by atoms with Gasteiger partial charge < -0.3 is 29.2 Å². The Hall–Kier alpha value is -3.62. The van der Waals surface area contributed by atoms with Gasteiger partial charge in [0.1, 0.15) is 37.9 Å². The first kappa shape index (κ1) is 36.8. The number of carbonyl (C=O) groups excluding carboxylic acids is 2. The normalized spacial score (nSPS) is 16.7. The van der Waals surface area contributed by atoms with Crippen molar-refractivity contribution in [3.63, 3.8) is 0 Å². The van der Waals surface area contributed by atoms with Crippen molar-refractivity contribution in [3.8, 4) is 22.6 Å². The molecule has 46 heavy (non-hydrogen) atoms. The molecule has 0 bridgehead atoms. The number of rotatable bonds is 18. The fourth-order valence-electron chi connectivity index (χ4n) is 5.67. The Morgan fingerprint density at radius 1 is 0.913 bits per heavy atom. The zero-order valence-corrected chi connectivity index (χ0v) is 28.0. The van der Waals surface area contributed by atoms with Gasteiger partial charge >= 0.3 is 11.9 Å². The van der Waals surface area contributed by atoms with E-state index in [-0.39, 0.29) is 38.6 Å². The highest BCUT2D eigenvalue weighted by molar-refractivity contribution is 5.87.